The summed E-state index contributed by atoms with van der Waals surface area (Å²) in [6, 6.07) is 53.4. The Labute approximate surface area is 305 Å². The first-order valence-electron chi connectivity index (χ1n) is 17.9. The van der Waals surface area contributed by atoms with Crippen LogP contribution >= 0.6 is 11.3 Å². The van der Waals surface area contributed by atoms with Crippen molar-refractivity contribution in [3.8, 4) is 44.9 Å². The van der Waals surface area contributed by atoms with Crippen molar-refractivity contribution < 1.29 is 0 Å². The second kappa shape index (κ2) is 10.9. The van der Waals surface area contributed by atoms with Crippen LogP contribution in [0.2, 0.25) is 0 Å². The average Bonchev–Trinajstić information content (AvgIpc) is 3.94. The fourth-order valence-corrected chi connectivity index (χ4v) is 9.71. The van der Waals surface area contributed by atoms with Gasteiger partial charge in [-0.25, -0.2) is 0 Å². The van der Waals surface area contributed by atoms with Gasteiger partial charge in [0.15, 0.2) is 0 Å². The molecule has 0 bridgehead atoms. The van der Waals surface area contributed by atoms with Crippen LogP contribution in [0.15, 0.2) is 163 Å². The summed E-state index contributed by atoms with van der Waals surface area (Å²) in [7, 11) is 0. The molecule has 0 atom stereocenters. The van der Waals surface area contributed by atoms with E-state index in [1.165, 1.54) is 88.2 Å². The highest BCUT2D eigenvalue weighted by atomic mass is 32.1. The van der Waals surface area contributed by atoms with Crippen molar-refractivity contribution in [1.29, 1.82) is 0 Å². The van der Waals surface area contributed by atoms with E-state index < -0.39 is 0 Å². The number of rotatable bonds is 4. The van der Waals surface area contributed by atoms with Gasteiger partial charge in [0.05, 0.1) is 27.8 Å². The molecule has 1 aliphatic carbocycles. The van der Waals surface area contributed by atoms with Crippen molar-refractivity contribution >= 4 is 54.9 Å². The molecule has 6 aromatic carbocycles. The van der Waals surface area contributed by atoms with Crippen LogP contribution in [0.5, 0.6) is 0 Å². The second-order valence-electron chi connectivity index (χ2n) is 14.5. The first kappa shape index (κ1) is 29.5. The number of aromatic nitrogens is 3. The average molecular weight is 684 g/mol. The Hall–Kier alpha value is -6.23. The number of thiophene rings is 1. The monoisotopic (exact) mass is 683 g/mol. The van der Waals surface area contributed by atoms with Gasteiger partial charge in [-0.1, -0.05) is 92.7 Å². The van der Waals surface area contributed by atoms with E-state index in [0.29, 0.717) is 0 Å². The van der Waals surface area contributed by atoms with E-state index in [4.69, 9.17) is 4.98 Å². The van der Waals surface area contributed by atoms with Crippen molar-refractivity contribution in [1.82, 2.24) is 14.1 Å². The number of hydrogen-bond donors (Lipinski definition) is 0. The Bertz CT molecular complexity index is 3050. The van der Waals surface area contributed by atoms with Crippen LogP contribution in [0, 0.1) is 0 Å². The molecule has 0 saturated carbocycles. The summed E-state index contributed by atoms with van der Waals surface area (Å²) in [5.74, 6) is 0. The fraction of sp³-hybridized carbons (Fsp3) is 0.0625. The molecular formula is C48H33N3S. The topological polar surface area (TPSA) is 22.8 Å². The van der Waals surface area contributed by atoms with Gasteiger partial charge < -0.3 is 9.13 Å². The summed E-state index contributed by atoms with van der Waals surface area (Å²) in [5, 5.41) is 9.65. The van der Waals surface area contributed by atoms with Gasteiger partial charge in [-0.2, -0.15) is 11.3 Å². The molecule has 4 heterocycles. The smallest absolute Gasteiger partial charge is 0.0746 e. The lowest BCUT2D eigenvalue weighted by atomic mass is 9.83. The second-order valence-corrected chi connectivity index (χ2v) is 15.2. The molecule has 3 nitrogen and oxygen atoms in total. The highest BCUT2D eigenvalue weighted by Gasteiger charge is 2.36. The summed E-state index contributed by atoms with van der Waals surface area (Å²) < 4.78 is 4.80. The van der Waals surface area contributed by atoms with E-state index in [0.717, 1.165) is 11.4 Å². The summed E-state index contributed by atoms with van der Waals surface area (Å²) >= 11 is 1.77. The van der Waals surface area contributed by atoms with Crippen molar-refractivity contribution in [2.75, 3.05) is 0 Å². The molecule has 0 saturated heterocycles. The van der Waals surface area contributed by atoms with Gasteiger partial charge in [-0.05, 0) is 99.7 Å². The molecule has 11 rings (SSSR count). The summed E-state index contributed by atoms with van der Waals surface area (Å²) in [6.07, 6.45) is 1.92. The van der Waals surface area contributed by atoms with Crippen molar-refractivity contribution in [3.63, 3.8) is 0 Å². The van der Waals surface area contributed by atoms with E-state index in [9.17, 15) is 0 Å². The quantitative estimate of drug-likeness (QED) is 0.181. The van der Waals surface area contributed by atoms with E-state index in [1.807, 2.05) is 6.20 Å². The minimum Gasteiger partial charge on any atom is -0.309 e. The molecule has 0 aliphatic heterocycles. The maximum atomic E-state index is 4.85. The maximum Gasteiger partial charge on any atom is 0.0746 e. The lowest BCUT2D eigenvalue weighted by Gasteiger charge is -2.21. The summed E-state index contributed by atoms with van der Waals surface area (Å²) in [6.45, 7) is 4.61. The van der Waals surface area contributed by atoms with E-state index in [1.54, 1.807) is 11.3 Å². The van der Waals surface area contributed by atoms with Crippen LogP contribution in [0.25, 0.3) is 88.5 Å². The van der Waals surface area contributed by atoms with Gasteiger partial charge in [0.25, 0.3) is 0 Å². The van der Waals surface area contributed by atoms with Gasteiger partial charge in [-0.3, -0.25) is 4.98 Å². The van der Waals surface area contributed by atoms with E-state index in [-0.39, 0.29) is 5.41 Å². The zero-order valence-corrected chi connectivity index (χ0v) is 29.7. The molecule has 0 fully saturated rings. The van der Waals surface area contributed by atoms with E-state index >= 15 is 0 Å². The molecule has 0 radical (unpaired) electrons. The normalized spacial score (nSPS) is 13.3. The fourth-order valence-electron chi connectivity index (χ4n) is 8.84. The highest BCUT2D eigenvalue weighted by molar-refractivity contribution is 7.08. The molecule has 4 heteroatoms. The lowest BCUT2D eigenvalue weighted by molar-refractivity contribution is 0.659. The minimum atomic E-state index is -0.0745. The van der Waals surface area contributed by atoms with Crippen molar-refractivity contribution in [2.24, 2.45) is 0 Å². The van der Waals surface area contributed by atoms with Crippen LogP contribution in [-0.4, -0.2) is 14.1 Å². The standard InChI is InChI=1S/C48H33N3S/c1-48(2)41-21-20-33(27-38(41)47-42(48)15-10-24-49-47)51-44-17-9-7-14-35(44)37-26-31(19-23-46(37)51)40-29-52-28-39(40)30-18-22-45-36(25-30)34-13-6-8-16-43(34)50(45)32-11-4-3-5-12-32/h3-29H,1-2H3. The molecule has 0 spiro atoms. The van der Waals surface area contributed by atoms with Gasteiger partial charge in [-0.15, -0.1) is 0 Å². The van der Waals surface area contributed by atoms with Crippen LogP contribution in [0.4, 0.5) is 0 Å². The molecule has 10 aromatic rings. The zero-order valence-electron chi connectivity index (χ0n) is 28.8. The first-order valence-corrected chi connectivity index (χ1v) is 18.8. The van der Waals surface area contributed by atoms with Gasteiger partial charge in [0, 0.05) is 61.2 Å². The molecule has 4 aromatic heterocycles. The Morgan fingerprint density at radius 3 is 1.69 bits per heavy atom. The first-order chi connectivity index (χ1) is 25.6. The third kappa shape index (κ3) is 4.10. The third-order valence-corrected chi connectivity index (χ3v) is 12.1. The Kier molecular flexibility index (Phi) is 6.17. The molecular weight excluding hydrogens is 651 g/mol. The van der Waals surface area contributed by atoms with Crippen LogP contribution < -0.4 is 0 Å². The van der Waals surface area contributed by atoms with E-state index in [2.05, 4.69) is 179 Å². The van der Waals surface area contributed by atoms with Gasteiger partial charge in [0.2, 0.25) is 0 Å². The van der Waals surface area contributed by atoms with Crippen LogP contribution in [0.3, 0.4) is 0 Å². The van der Waals surface area contributed by atoms with Crippen molar-refractivity contribution in [2.45, 2.75) is 19.3 Å². The highest BCUT2D eigenvalue weighted by Crippen LogP contribution is 2.49. The SMILES string of the molecule is CC1(C)c2ccc(-n3c4ccccc4c4cc(-c5cscc5-c5ccc6c(c5)c5ccccc5n6-c5ccccc5)ccc43)cc2-c2ncccc21. The van der Waals surface area contributed by atoms with Crippen LogP contribution in [0.1, 0.15) is 25.0 Å². The molecule has 0 amide bonds. The van der Waals surface area contributed by atoms with Gasteiger partial charge >= 0.3 is 0 Å². The third-order valence-electron chi connectivity index (χ3n) is 11.3. The largest absolute Gasteiger partial charge is 0.309 e. The Morgan fingerprint density at radius 1 is 0.462 bits per heavy atom. The predicted molar refractivity (Wildman–Crippen MR) is 219 cm³/mol. The molecule has 246 valence electrons. The number of benzene rings is 6. The van der Waals surface area contributed by atoms with Gasteiger partial charge in [0.1, 0.15) is 0 Å². The molecule has 0 N–H and O–H groups in total. The Morgan fingerprint density at radius 2 is 1.04 bits per heavy atom. The summed E-state index contributed by atoms with van der Waals surface area (Å²) in [4.78, 5) is 4.85. The van der Waals surface area contributed by atoms with Crippen molar-refractivity contribution in [3.05, 3.63) is 174 Å². The number of hydrogen-bond acceptors (Lipinski definition) is 2. The number of fused-ring (bicyclic) bond motifs is 9. The Balaban J connectivity index is 1.06. The summed E-state index contributed by atoms with van der Waals surface area (Å²) in [5.41, 5.74) is 17.1. The number of para-hydroxylation sites is 3. The zero-order chi connectivity index (χ0) is 34.6. The molecule has 52 heavy (non-hydrogen) atoms. The number of nitrogens with zero attached hydrogens (tertiary/aromatic N) is 3. The lowest BCUT2D eigenvalue weighted by Crippen LogP contribution is -2.15. The minimum absolute atomic E-state index is 0.0745. The molecule has 0 unspecified atom stereocenters. The predicted octanol–water partition coefficient (Wildman–Crippen LogP) is 13.0. The number of pyridine rings is 1. The maximum absolute atomic E-state index is 4.85. The molecule has 1 aliphatic rings. The van der Waals surface area contributed by atoms with Crippen LogP contribution in [-0.2, 0) is 5.41 Å².